The zero-order valence-electron chi connectivity index (χ0n) is 19.2. The Hall–Kier alpha value is -2.57. The number of aryl methyl sites for hydroxylation is 1. The third-order valence-electron chi connectivity index (χ3n) is 7.89. The Kier molecular flexibility index (Phi) is 5.48. The van der Waals surface area contributed by atoms with Crippen molar-refractivity contribution in [3.8, 4) is 0 Å². The summed E-state index contributed by atoms with van der Waals surface area (Å²) in [5, 5.41) is 0. The summed E-state index contributed by atoms with van der Waals surface area (Å²) < 4.78 is 0. The minimum atomic E-state index is -0.521. The van der Waals surface area contributed by atoms with Crippen molar-refractivity contribution in [2.45, 2.75) is 33.1 Å². The number of likely N-dealkylation sites (tertiary alicyclic amines) is 3. The second kappa shape index (κ2) is 7.84. The summed E-state index contributed by atoms with van der Waals surface area (Å²) in [4.78, 5) is 46.8. The lowest BCUT2D eigenvalue weighted by atomic mass is 9.60. The van der Waals surface area contributed by atoms with Crippen LogP contribution in [0.4, 0.5) is 4.79 Å². The van der Waals surface area contributed by atoms with Crippen LogP contribution in [0.3, 0.4) is 0 Å². The molecule has 0 N–H and O–H groups in total. The highest BCUT2D eigenvalue weighted by Crippen LogP contribution is 2.58. The van der Waals surface area contributed by atoms with Gasteiger partial charge in [0.1, 0.15) is 0 Å². The van der Waals surface area contributed by atoms with Crippen molar-refractivity contribution in [3.05, 3.63) is 35.4 Å². The molecule has 1 atom stereocenters. The summed E-state index contributed by atoms with van der Waals surface area (Å²) in [6.45, 7) is 7.78. The van der Waals surface area contributed by atoms with Gasteiger partial charge in [0, 0.05) is 64.3 Å². The molecule has 0 radical (unpaired) electrons. The maximum atomic E-state index is 13.5. The molecule has 0 unspecified atom stereocenters. The lowest BCUT2D eigenvalue weighted by Crippen LogP contribution is -2.53. The summed E-state index contributed by atoms with van der Waals surface area (Å²) in [5.74, 6) is 0.261. The van der Waals surface area contributed by atoms with E-state index in [9.17, 15) is 14.4 Å². The lowest BCUT2D eigenvalue weighted by molar-refractivity contribution is -0.141. The summed E-state index contributed by atoms with van der Waals surface area (Å²) in [6, 6.07) is 7.67. The first-order chi connectivity index (χ1) is 14.7. The first-order valence-corrected chi connectivity index (χ1v) is 11.4. The van der Waals surface area contributed by atoms with Gasteiger partial charge < -0.3 is 19.6 Å². The van der Waals surface area contributed by atoms with Crippen LogP contribution in [0, 0.1) is 17.8 Å². The van der Waals surface area contributed by atoms with Crippen molar-refractivity contribution >= 4 is 17.8 Å². The Morgan fingerprint density at radius 2 is 1.68 bits per heavy atom. The molecular formula is C24H34N4O3. The van der Waals surface area contributed by atoms with E-state index in [1.807, 2.05) is 52.8 Å². The number of piperidine rings is 1. The molecule has 4 amide bonds. The fourth-order valence-electron chi connectivity index (χ4n) is 6.02. The van der Waals surface area contributed by atoms with Gasteiger partial charge in [-0.3, -0.25) is 9.59 Å². The van der Waals surface area contributed by atoms with Crippen LogP contribution < -0.4 is 0 Å². The molecule has 3 saturated heterocycles. The van der Waals surface area contributed by atoms with Crippen molar-refractivity contribution in [3.63, 3.8) is 0 Å². The molecule has 3 aliphatic heterocycles. The van der Waals surface area contributed by atoms with E-state index in [4.69, 9.17) is 0 Å². The summed E-state index contributed by atoms with van der Waals surface area (Å²) in [7, 11) is 3.52. The Labute approximate surface area is 185 Å². The van der Waals surface area contributed by atoms with Crippen LogP contribution in [0.25, 0.3) is 0 Å². The molecule has 0 aliphatic carbocycles. The van der Waals surface area contributed by atoms with Crippen LogP contribution in [0.2, 0.25) is 0 Å². The monoisotopic (exact) mass is 426 g/mol. The molecule has 7 nitrogen and oxygen atoms in total. The van der Waals surface area contributed by atoms with E-state index in [2.05, 4.69) is 0 Å². The largest absolute Gasteiger partial charge is 0.342 e. The molecule has 3 heterocycles. The van der Waals surface area contributed by atoms with E-state index in [1.54, 1.807) is 19.0 Å². The average molecular weight is 427 g/mol. The summed E-state index contributed by atoms with van der Waals surface area (Å²) in [6.07, 6.45) is 2.30. The zero-order valence-corrected chi connectivity index (χ0v) is 19.2. The number of fused-ring (bicyclic) bond motifs is 1. The van der Waals surface area contributed by atoms with Gasteiger partial charge in [0.15, 0.2) is 0 Å². The third kappa shape index (κ3) is 3.29. The Bertz CT molecular complexity index is 891. The van der Waals surface area contributed by atoms with Crippen molar-refractivity contribution in [2.75, 3.05) is 53.4 Å². The maximum Gasteiger partial charge on any atom is 0.319 e. The highest BCUT2D eigenvalue weighted by Gasteiger charge is 2.66. The van der Waals surface area contributed by atoms with E-state index in [0.29, 0.717) is 32.7 Å². The van der Waals surface area contributed by atoms with Crippen LogP contribution in [0.15, 0.2) is 24.3 Å². The second-order valence-corrected chi connectivity index (χ2v) is 9.64. The van der Waals surface area contributed by atoms with Crippen LogP contribution in [0.5, 0.6) is 0 Å². The van der Waals surface area contributed by atoms with E-state index >= 15 is 0 Å². The van der Waals surface area contributed by atoms with Gasteiger partial charge in [-0.25, -0.2) is 4.79 Å². The number of hydrogen-bond acceptors (Lipinski definition) is 3. The molecular weight excluding hydrogens is 392 g/mol. The summed E-state index contributed by atoms with van der Waals surface area (Å²) >= 11 is 0. The number of carbonyl (C=O) groups is 3. The van der Waals surface area contributed by atoms with Gasteiger partial charge >= 0.3 is 6.03 Å². The minimum absolute atomic E-state index is 0.0302. The van der Waals surface area contributed by atoms with E-state index in [1.165, 1.54) is 0 Å². The molecule has 31 heavy (non-hydrogen) atoms. The molecule has 168 valence electrons. The fourth-order valence-corrected chi connectivity index (χ4v) is 6.02. The zero-order chi connectivity index (χ0) is 22.4. The topological polar surface area (TPSA) is 64.2 Å². The van der Waals surface area contributed by atoms with E-state index < -0.39 is 5.41 Å². The molecule has 0 aromatic heterocycles. The highest BCUT2D eigenvalue weighted by molar-refractivity contribution is 5.95. The van der Waals surface area contributed by atoms with Crippen LogP contribution >= 0.6 is 0 Å². The molecule has 3 fully saturated rings. The predicted molar refractivity (Wildman–Crippen MR) is 119 cm³/mol. The molecule has 4 rings (SSSR count). The lowest BCUT2D eigenvalue weighted by Gasteiger charge is -2.46. The third-order valence-corrected chi connectivity index (χ3v) is 7.89. The van der Waals surface area contributed by atoms with Crippen LogP contribution in [-0.2, 0) is 4.79 Å². The number of amides is 4. The van der Waals surface area contributed by atoms with Crippen molar-refractivity contribution in [1.82, 2.24) is 19.6 Å². The van der Waals surface area contributed by atoms with Gasteiger partial charge in [-0.05, 0) is 44.7 Å². The van der Waals surface area contributed by atoms with Gasteiger partial charge in [0.2, 0.25) is 5.91 Å². The molecule has 7 heteroatoms. The SMILES string of the molecule is CCN1CC[C@@]2(CN(C(=O)N(C)C)CC23CCN(C(=O)c2ccccc2C)CC3)C1=O. The first-order valence-electron chi connectivity index (χ1n) is 11.4. The smallest absolute Gasteiger partial charge is 0.319 e. The van der Waals surface area contributed by atoms with Gasteiger partial charge in [-0.1, -0.05) is 18.2 Å². The average Bonchev–Trinajstić information content (AvgIpc) is 3.26. The number of benzene rings is 1. The number of hydrogen-bond donors (Lipinski definition) is 0. The number of rotatable bonds is 2. The molecule has 3 aliphatic rings. The maximum absolute atomic E-state index is 13.5. The van der Waals surface area contributed by atoms with Gasteiger partial charge in [-0.15, -0.1) is 0 Å². The Balaban J connectivity index is 1.59. The van der Waals surface area contributed by atoms with Crippen LogP contribution in [-0.4, -0.2) is 90.8 Å². The molecule has 0 bridgehead atoms. The number of carbonyl (C=O) groups excluding carboxylic acids is 3. The van der Waals surface area contributed by atoms with Gasteiger partial charge in [-0.2, -0.15) is 0 Å². The van der Waals surface area contributed by atoms with Crippen molar-refractivity contribution in [2.24, 2.45) is 10.8 Å². The minimum Gasteiger partial charge on any atom is -0.342 e. The van der Waals surface area contributed by atoms with Crippen LogP contribution in [0.1, 0.15) is 42.1 Å². The van der Waals surface area contributed by atoms with Gasteiger partial charge in [0.25, 0.3) is 5.91 Å². The summed E-state index contributed by atoms with van der Waals surface area (Å²) in [5.41, 5.74) is 0.949. The molecule has 0 saturated carbocycles. The number of nitrogens with zero attached hydrogens (tertiary/aromatic N) is 4. The Morgan fingerprint density at radius 1 is 1.00 bits per heavy atom. The van der Waals surface area contributed by atoms with Crippen molar-refractivity contribution in [1.29, 1.82) is 0 Å². The first kappa shape index (κ1) is 21.7. The molecule has 1 aromatic rings. The number of urea groups is 1. The standard InChI is InChI=1S/C24H34N4O3/c1-5-26-15-12-24(21(26)30)17-28(22(31)25(3)4)16-23(24)10-13-27(14-11-23)20(29)19-9-7-6-8-18(19)2/h6-9H,5,10-17H2,1-4H3/t24-/m1/s1. The molecule has 2 spiro atoms. The quantitative estimate of drug-likeness (QED) is 0.730. The highest BCUT2D eigenvalue weighted by atomic mass is 16.2. The van der Waals surface area contributed by atoms with E-state index in [-0.39, 0.29) is 23.3 Å². The van der Waals surface area contributed by atoms with Gasteiger partial charge in [0.05, 0.1) is 5.41 Å². The fraction of sp³-hybridized carbons (Fsp3) is 0.625. The van der Waals surface area contributed by atoms with Crippen molar-refractivity contribution < 1.29 is 14.4 Å². The van der Waals surface area contributed by atoms with E-state index in [0.717, 1.165) is 36.9 Å². The Morgan fingerprint density at radius 3 is 2.26 bits per heavy atom. The predicted octanol–water partition coefficient (Wildman–Crippen LogP) is 2.45. The normalized spacial score (nSPS) is 25.0. The second-order valence-electron chi connectivity index (χ2n) is 9.64. The molecule has 1 aromatic carbocycles.